The largest absolute Gasteiger partial charge is 0.357 e. The van der Waals surface area contributed by atoms with Gasteiger partial charge >= 0.3 is 0 Å². The highest BCUT2D eigenvalue weighted by Gasteiger charge is 2.17. The highest BCUT2D eigenvalue weighted by Crippen LogP contribution is 2.17. The van der Waals surface area contributed by atoms with Gasteiger partial charge in [0.15, 0.2) is 15.8 Å². The smallest absolute Gasteiger partial charge is 0.191 e. The number of aliphatic imine (C=N–C) groups is 1. The Hall–Kier alpha value is -1.60. The summed E-state index contributed by atoms with van der Waals surface area (Å²) < 4.78 is 23.5. The lowest BCUT2D eigenvalue weighted by Crippen LogP contribution is -2.45. The van der Waals surface area contributed by atoms with Gasteiger partial charge in [-0.15, -0.1) is 0 Å². The zero-order valence-electron chi connectivity index (χ0n) is 17.1. The topological polar surface area (TPSA) is 73.8 Å². The minimum absolute atomic E-state index is 0.385. The van der Waals surface area contributed by atoms with Gasteiger partial charge in [-0.3, -0.25) is 4.90 Å². The predicted octanol–water partition coefficient (Wildman–Crippen LogP) is 2.33. The first-order valence-electron chi connectivity index (χ1n) is 9.87. The number of likely N-dealkylation sites (tertiary alicyclic amines) is 1. The number of rotatable bonds is 7. The van der Waals surface area contributed by atoms with Crippen LogP contribution >= 0.6 is 0 Å². The molecule has 1 aromatic rings. The second-order valence-electron chi connectivity index (χ2n) is 7.37. The summed E-state index contributed by atoms with van der Waals surface area (Å²) in [6.07, 6.45) is 5.16. The first-order chi connectivity index (χ1) is 12.8. The van der Waals surface area contributed by atoms with Crippen LogP contribution in [0.3, 0.4) is 0 Å². The molecular weight excluding hydrogens is 360 g/mol. The third kappa shape index (κ3) is 6.81. The monoisotopic (exact) mass is 394 g/mol. The number of sulfone groups is 1. The lowest BCUT2D eigenvalue weighted by Gasteiger charge is -2.33. The lowest BCUT2D eigenvalue weighted by atomic mass is 10.0. The third-order valence-corrected chi connectivity index (χ3v) is 6.29. The molecule has 0 amide bonds. The van der Waals surface area contributed by atoms with Gasteiger partial charge in [-0.25, -0.2) is 13.4 Å². The van der Waals surface area contributed by atoms with E-state index in [-0.39, 0.29) is 0 Å². The van der Waals surface area contributed by atoms with Crippen LogP contribution in [0.5, 0.6) is 0 Å². The first kappa shape index (κ1) is 21.7. The molecular formula is C20H34N4O2S. The molecule has 0 radical (unpaired) electrons. The molecule has 1 atom stereocenters. The summed E-state index contributed by atoms with van der Waals surface area (Å²) in [7, 11) is -3.18. The quantitative estimate of drug-likeness (QED) is 0.548. The van der Waals surface area contributed by atoms with E-state index >= 15 is 0 Å². The van der Waals surface area contributed by atoms with E-state index in [1.807, 2.05) is 19.1 Å². The Balaban J connectivity index is 1.93. The van der Waals surface area contributed by atoms with E-state index in [2.05, 4.69) is 34.4 Å². The summed E-state index contributed by atoms with van der Waals surface area (Å²) in [6.45, 7) is 10.6. The Bertz CT molecular complexity index is 746. The molecule has 152 valence electrons. The molecule has 27 heavy (non-hydrogen) atoms. The number of hydrogen-bond acceptors (Lipinski definition) is 4. The van der Waals surface area contributed by atoms with Gasteiger partial charge in [-0.2, -0.15) is 0 Å². The number of nitrogens with one attached hydrogen (secondary N) is 2. The number of benzene rings is 1. The van der Waals surface area contributed by atoms with Crippen LogP contribution in [-0.4, -0.2) is 57.8 Å². The summed E-state index contributed by atoms with van der Waals surface area (Å²) in [5.41, 5.74) is 1.77. The van der Waals surface area contributed by atoms with Crippen molar-refractivity contribution in [2.45, 2.75) is 57.5 Å². The standard InChI is InChI=1S/C20H34N4O2S/c1-5-21-20(22-11-13-24-12-7-6-8-17(24)3)23-15-18-9-10-19(16(2)14-18)27(4,25)26/h9-10,14,17H,5-8,11-13,15H2,1-4H3,(H2,21,22,23). The van der Waals surface area contributed by atoms with Crippen LogP contribution in [0.4, 0.5) is 0 Å². The summed E-state index contributed by atoms with van der Waals surface area (Å²) in [6, 6.07) is 6.08. The second-order valence-corrected chi connectivity index (χ2v) is 9.36. The summed E-state index contributed by atoms with van der Waals surface area (Å²) in [4.78, 5) is 7.56. The third-order valence-electron chi connectivity index (χ3n) is 5.03. The maximum absolute atomic E-state index is 11.7. The summed E-state index contributed by atoms with van der Waals surface area (Å²) in [5.74, 6) is 0.798. The Morgan fingerprint density at radius 3 is 2.70 bits per heavy atom. The molecule has 1 aliphatic rings. The fourth-order valence-electron chi connectivity index (χ4n) is 3.55. The molecule has 1 aromatic carbocycles. The van der Waals surface area contributed by atoms with Crippen molar-refractivity contribution in [2.24, 2.45) is 4.99 Å². The van der Waals surface area contributed by atoms with Crippen LogP contribution in [0.1, 0.15) is 44.2 Å². The Morgan fingerprint density at radius 1 is 1.30 bits per heavy atom. The van der Waals surface area contributed by atoms with Crippen molar-refractivity contribution in [3.63, 3.8) is 0 Å². The van der Waals surface area contributed by atoms with Gasteiger partial charge in [0.05, 0.1) is 11.4 Å². The van der Waals surface area contributed by atoms with E-state index in [4.69, 9.17) is 0 Å². The van der Waals surface area contributed by atoms with Crippen LogP contribution in [0.15, 0.2) is 28.1 Å². The number of nitrogens with zero attached hydrogens (tertiary/aromatic N) is 2. The number of guanidine groups is 1. The minimum Gasteiger partial charge on any atom is -0.357 e. The Labute approximate surface area is 164 Å². The van der Waals surface area contributed by atoms with E-state index in [1.54, 1.807) is 6.07 Å². The molecule has 2 rings (SSSR count). The van der Waals surface area contributed by atoms with Crippen LogP contribution in [0, 0.1) is 6.92 Å². The van der Waals surface area contributed by atoms with Gasteiger partial charge in [0.2, 0.25) is 0 Å². The van der Waals surface area contributed by atoms with Crippen LogP contribution in [-0.2, 0) is 16.4 Å². The lowest BCUT2D eigenvalue weighted by molar-refractivity contribution is 0.163. The molecule has 1 heterocycles. The number of hydrogen-bond donors (Lipinski definition) is 2. The first-order valence-corrected chi connectivity index (χ1v) is 11.8. The van der Waals surface area contributed by atoms with E-state index in [0.29, 0.717) is 17.5 Å². The average Bonchev–Trinajstić information content (AvgIpc) is 2.60. The van der Waals surface area contributed by atoms with E-state index < -0.39 is 9.84 Å². The van der Waals surface area contributed by atoms with Gasteiger partial charge in [0, 0.05) is 31.9 Å². The van der Waals surface area contributed by atoms with Crippen LogP contribution in [0.2, 0.25) is 0 Å². The summed E-state index contributed by atoms with van der Waals surface area (Å²) in [5, 5.41) is 6.69. The molecule has 0 saturated carbocycles. The molecule has 0 bridgehead atoms. The Morgan fingerprint density at radius 2 is 2.07 bits per heavy atom. The number of aryl methyl sites for hydroxylation is 1. The van der Waals surface area contributed by atoms with Crippen molar-refractivity contribution >= 4 is 15.8 Å². The summed E-state index contributed by atoms with van der Waals surface area (Å²) >= 11 is 0. The van der Waals surface area contributed by atoms with Crippen molar-refractivity contribution < 1.29 is 8.42 Å². The van der Waals surface area contributed by atoms with Gasteiger partial charge in [-0.1, -0.05) is 18.6 Å². The van der Waals surface area contributed by atoms with Crippen molar-refractivity contribution in [2.75, 3.05) is 32.4 Å². The van der Waals surface area contributed by atoms with Crippen molar-refractivity contribution in [1.29, 1.82) is 0 Å². The van der Waals surface area contributed by atoms with Gasteiger partial charge in [-0.05, 0) is 57.4 Å². The molecule has 0 aliphatic carbocycles. The van der Waals surface area contributed by atoms with E-state index in [9.17, 15) is 8.42 Å². The molecule has 0 spiro atoms. The molecule has 6 nitrogen and oxygen atoms in total. The van der Waals surface area contributed by atoms with Crippen LogP contribution < -0.4 is 10.6 Å². The normalized spacial score (nSPS) is 19.1. The molecule has 2 N–H and O–H groups in total. The average molecular weight is 395 g/mol. The second kappa shape index (κ2) is 10.1. The Kier molecular flexibility index (Phi) is 8.10. The number of piperidine rings is 1. The predicted molar refractivity (Wildman–Crippen MR) is 112 cm³/mol. The minimum atomic E-state index is -3.18. The van der Waals surface area contributed by atoms with Crippen molar-refractivity contribution in [1.82, 2.24) is 15.5 Å². The highest BCUT2D eigenvalue weighted by atomic mass is 32.2. The molecule has 1 unspecified atom stereocenters. The van der Waals surface area contributed by atoms with Gasteiger partial charge in [0.1, 0.15) is 0 Å². The van der Waals surface area contributed by atoms with Crippen LogP contribution in [0.25, 0.3) is 0 Å². The fraction of sp³-hybridized carbons (Fsp3) is 0.650. The fourth-order valence-corrected chi connectivity index (χ4v) is 4.50. The molecule has 1 fully saturated rings. The maximum Gasteiger partial charge on any atom is 0.191 e. The SMILES string of the molecule is CCNC(=NCc1ccc(S(C)(=O)=O)c(C)c1)NCCN1CCCCC1C. The molecule has 0 aromatic heterocycles. The van der Waals surface area contributed by atoms with Crippen molar-refractivity contribution in [3.8, 4) is 0 Å². The maximum atomic E-state index is 11.7. The van der Waals surface area contributed by atoms with E-state index in [0.717, 1.165) is 36.7 Å². The molecule has 1 aliphatic heterocycles. The molecule has 7 heteroatoms. The van der Waals surface area contributed by atoms with Crippen molar-refractivity contribution in [3.05, 3.63) is 29.3 Å². The molecule has 1 saturated heterocycles. The van der Waals surface area contributed by atoms with E-state index in [1.165, 1.54) is 32.1 Å². The van der Waals surface area contributed by atoms with Gasteiger partial charge < -0.3 is 10.6 Å². The zero-order chi connectivity index (χ0) is 19.9. The van der Waals surface area contributed by atoms with Gasteiger partial charge in [0.25, 0.3) is 0 Å². The zero-order valence-corrected chi connectivity index (χ0v) is 17.9. The highest BCUT2D eigenvalue weighted by molar-refractivity contribution is 7.90.